The Labute approximate surface area is 211 Å². The van der Waals surface area contributed by atoms with E-state index in [9.17, 15) is 4.79 Å². The Morgan fingerprint density at radius 2 is 1.75 bits per heavy atom. The largest absolute Gasteiger partial charge is 0.460 e. The van der Waals surface area contributed by atoms with Crippen LogP contribution in [-0.2, 0) is 10.3 Å². The number of carbonyl (C=O) groups is 1. The van der Waals surface area contributed by atoms with Crippen molar-refractivity contribution in [2.45, 2.75) is 69.9 Å². The molecule has 4 aromatic rings. The summed E-state index contributed by atoms with van der Waals surface area (Å²) in [5.41, 5.74) is 5.14. The van der Waals surface area contributed by atoms with Crippen molar-refractivity contribution in [1.29, 1.82) is 0 Å². The number of aromatic nitrogens is 1. The van der Waals surface area contributed by atoms with Gasteiger partial charge < -0.3 is 14.5 Å². The van der Waals surface area contributed by atoms with Crippen LogP contribution in [0, 0.1) is 0 Å². The number of nitrogens with zero attached hydrogens (tertiary/aromatic N) is 1. The number of furan rings is 1. The van der Waals surface area contributed by atoms with Gasteiger partial charge in [0, 0.05) is 23.1 Å². The third kappa shape index (κ3) is 4.27. The number of hydrogen-bond acceptors (Lipinski definition) is 4. The highest BCUT2D eigenvalue weighted by Crippen LogP contribution is 2.46. The maximum atomic E-state index is 12.6. The summed E-state index contributed by atoms with van der Waals surface area (Å²) < 4.78 is 12.0. The molecule has 0 aliphatic heterocycles. The Balaban J connectivity index is 1.37. The molecule has 6 rings (SSSR count). The van der Waals surface area contributed by atoms with Crippen molar-refractivity contribution in [3.8, 4) is 22.4 Å². The molecule has 5 nitrogen and oxygen atoms in total. The van der Waals surface area contributed by atoms with E-state index in [1.807, 2.05) is 33.0 Å². The number of benzene rings is 2. The van der Waals surface area contributed by atoms with Crippen molar-refractivity contribution in [3.63, 3.8) is 0 Å². The summed E-state index contributed by atoms with van der Waals surface area (Å²) in [6.07, 6.45) is 6.84. The smallest absolute Gasteiger partial charge is 0.408 e. The van der Waals surface area contributed by atoms with Gasteiger partial charge in [0.2, 0.25) is 0 Å². The molecule has 184 valence electrons. The lowest BCUT2D eigenvalue weighted by Crippen LogP contribution is -2.52. The average molecular weight is 481 g/mol. The predicted molar refractivity (Wildman–Crippen MR) is 142 cm³/mol. The Morgan fingerprint density at radius 1 is 1.03 bits per heavy atom. The molecule has 2 fully saturated rings. The maximum Gasteiger partial charge on any atom is 0.408 e. The summed E-state index contributed by atoms with van der Waals surface area (Å²) in [7, 11) is 0. The van der Waals surface area contributed by atoms with Crippen molar-refractivity contribution >= 4 is 17.1 Å². The van der Waals surface area contributed by atoms with Crippen molar-refractivity contribution in [3.05, 3.63) is 78.2 Å². The minimum absolute atomic E-state index is 0.367. The molecule has 2 saturated carbocycles. The van der Waals surface area contributed by atoms with Crippen LogP contribution in [0.5, 0.6) is 0 Å². The lowest BCUT2D eigenvalue weighted by atomic mass is 9.71. The van der Waals surface area contributed by atoms with Crippen molar-refractivity contribution in [1.82, 2.24) is 10.3 Å². The number of alkyl carbamates (subject to hydrolysis) is 1. The molecule has 0 unspecified atom stereocenters. The maximum absolute atomic E-state index is 12.6. The number of carbonyl (C=O) groups excluding carboxylic acids is 1. The van der Waals surface area contributed by atoms with Crippen LogP contribution >= 0.6 is 0 Å². The minimum Gasteiger partial charge on any atom is -0.460 e. The van der Waals surface area contributed by atoms with Crippen LogP contribution in [-0.4, -0.2) is 16.7 Å². The van der Waals surface area contributed by atoms with E-state index in [0.29, 0.717) is 5.92 Å². The summed E-state index contributed by atoms with van der Waals surface area (Å²) in [6.45, 7) is 5.65. The number of fused-ring (bicyclic) bond motifs is 1. The fourth-order valence-corrected chi connectivity index (χ4v) is 5.15. The second-order valence-corrected chi connectivity index (χ2v) is 11.2. The van der Waals surface area contributed by atoms with E-state index < -0.39 is 5.60 Å². The predicted octanol–water partition coefficient (Wildman–Crippen LogP) is 7.94. The first kappa shape index (κ1) is 22.8. The van der Waals surface area contributed by atoms with E-state index in [4.69, 9.17) is 14.1 Å². The molecule has 2 aromatic carbocycles. The molecule has 0 radical (unpaired) electrons. The van der Waals surface area contributed by atoms with E-state index in [1.165, 1.54) is 12.8 Å². The van der Waals surface area contributed by atoms with Crippen LogP contribution < -0.4 is 5.32 Å². The standard InChI is InChI=1S/C31H32N2O3/c1-30(2,3)36-29(34)33-31(16-7-17-31)24-14-12-22(13-15-24)27-26(21-8-5-4-6-9-21)28-23(19-32-27)18-25(35-28)20-10-11-20/h4-6,8-9,12-15,18-20H,7,10-11,16-17H2,1-3H3,(H,33,34). The highest BCUT2D eigenvalue weighted by molar-refractivity contribution is 5.99. The third-order valence-corrected chi connectivity index (χ3v) is 7.28. The Bertz CT molecular complexity index is 1410. The number of amides is 1. The fraction of sp³-hybridized carbons (Fsp3) is 0.355. The van der Waals surface area contributed by atoms with Crippen LogP contribution in [0.15, 0.2) is 71.3 Å². The van der Waals surface area contributed by atoms with Gasteiger partial charge in [0.15, 0.2) is 0 Å². The first-order valence-electron chi connectivity index (χ1n) is 12.9. The lowest BCUT2D eigenvalue weighted by Gasteiger charge is -2.43. The van der Waals surface area contributed by atoms with Gasteiger partial charge in [-0.2, -0.15) is 0 Å². The molecular formula is C31H32N2O3. The summed E-state index contributed by atoms with van der Waals surface area (Å²) in [5, 5.41) is 4.20. The van der Waals surface area contributed by atoms with E-state index in [0.717, 1.165) is 63.9 Å². The van der Waals surface area contributed by atoms with Crippen molar-refractivity contribution in [2.24, 2.45) is 0 Å². The highest BCUT2D eigenvalue weighted by Gasteiger charge is 2.41. The van der Waals surface area contributed by atoms with E-state index >= 15 is 0 Å². The molecule has 0 saturated heterocycles. The average Bonchev–Trinajstić information content (AvgIpc) is 3.59. The van der Waals surface area contributed by atoms with Crippen LogP contribution in [0.2, 0.25) is 0 Å². The summed E-state index contributed by atoms with van der Waals surface area (Å²) >= 11 is 0. The molecule has 5 heteroatoms. The first-order chi connectivity index (χ1) is 17.3. The molecule has 2 aromatic heterocycles. The van der Waals surface area contributed by atoms with Crippen molar-refractivity contribution in [2.75, 3.05) is 0 Å². The van der Waals surface area contributed by atoms with Crippen LogP contribution in [0.4, 0.5) is 4.79 Å². The van der Waals surface area contributed by atoms with Crippen LogP contribution in [0.1, 0.15) is 70.1 Å². The Hall–Kier alpha value is -3.60. The van der Waals surface area contributed by atoms with Crippen molar-refractivity contribution < 1.29 is 13.9 Å². The van der Waals surface area contributed by atoms with E-state index in [-0.39, 0.29) is 11.6 Å². The van der Waals surface area contributed by atoms with Gasteiger partial charge in [0.05, 0.1) is 16.8 Å². The second-order valence-electron chi connectivity index (χ2n) is 11.2. The Morgan fingerprint density at radius 3 is 2.36 bits per heavy atom. The first-order valence-corrected chi connectivity index (χ1v) is 12.9. The molecule has 0 bridgehead atoms. The van der Waals surface area contributed by atoms with Gasteiger partial charge >= 0.3 is 6.09 Å². The third-order valence-electron chi connectivity index (χ3n) is 7.28. The van der Waals surface area contributed by atoms with Gasteiger partial charge in [-0.1, -0.05) is 54.6 Å². The van der Waals surface area contributed by atoms with Gasteiger partial charge in [-0.05, 0) is 70.1 Å². The van der Waals surface area contributed by atoms with Crippen LogP contribution in [0.3, 0.4) is 0 Å². The molecule has 2 aliphatic carbocycles. The SMILES string of the molecule is CC(C)(C)OC(=O)NC1(c2ccc(-c3ncc4cc(C5CC5)oc4c3-c3ccccc3)cc2)CCC1. The van der Waals surface area contributed by atoms with Gasteiger partial charge in [-0.25, -0.2) is 4.79 Å². The molecule has 2 heterocycles. The molecule has 1 N–H and O–H groups in total. The monoisotopic (exact) mass is 480 g/mol. The summed E-state index contributed by atoms with van der Waals surface area (Å²) in [4.78, 5) is 17.5. The molecular weight excluding hydrogens is 448 g/mol. The van der Waals surface area contributed by atoms with Gasteiger partial charge in [-0.15, -0.1) is 0 Å². The summed E-state index contributed by atoms with van der Waals surface area (Å²) in [5.74, 6) is 1.61. The van der Waals surface area contributed by atoms with Crippen LogP contribution in [0.25, 0.3) is 33.4 Å². The van der Waals surface area contributed by atoms with Gasteiger partial charge in [0.1, 0.15) is 16.9 Å². The zero-order valence-corrected chi connectivity index (χ0v) is 21.1. The molecule has 0 spiro atoms. The second kappa shape index (κ2) is 8.51. The lowest BCUT2D eigenvalue weighted by molar-refractivity contribution is 0.0377. The topological polar surface area (TPSA) is 64.4 Å². The Kier molecular flexibility index (Phi) is 5.40. The van der Waals surface area contributed by atoms with E-state index in [1.54, 1.807) is 0 Å². The zero-order chi connectivity index (χ0) is 24.9. The molecule has 1 amide bonds. The molecule has 0 atom stereocenters. The normalized spacial score (nSPS) is 17.0. The van der Waals surface area contributed by atoms with Gasteiger partial charge in [-0.3, -0.25) is 4.98 Å². The number of pyridine rings is 1. The molecule has 36 heavy (non-hydrogen) atoms. The summed E-state index contributed by atoms with van der Waals surface area (Å²) in [6, 6.07) is 21.0. The highest BCUT2D eigenvalue weighted by atomic mass is 16.6. The quantitative estimate of drug-likeness (QED) is 0.315. The fourth-order valence-electron chi connectivity index (χ4n) is 5.15. The number of nitrogens with one attached hydrogen (secondary N) is 1. The number of hydrogen-bond donors (Lipinski definition) is 1. The van der Waals surface area contributed by atoms with E-state index in [2.05, 4.69) is 59.9 Å². The molecule has 2 aliphatic rings. The number of rotatable bonds is 5. The minimum atomic E-state index is -0.526. The van der Waals surface area contributed by atoms with Gasteiger partial charge in [0.25, 0.3) is 0 Å². The number of ether oxygens (including phenoxy) is 1. The zero-order valence-electron chi connectivity index (χ0n) is 21.1.